The van der Waals surface area contributed by atoms with Crippen molar-refractivity contribution >= 4 is 28.5 Å². The molecule has 29 heavy (non-hydrogen) atoms. The second-order valence-corrected chi connectivity index (χ2v) is 7.34. The summed E-state index contributed by atoms with van der Waals surface area (Å²) in [6.45, 7) is 3.80. The molecule has 152 valence electrons. The first-order valence-electron chi connectivity index (χ1n) is 9.94. The molecule has 0 bridgehead atoms. The first-order chi connectivity index (χ1) is 14.1. The minimum absolute atomic E-state index is 0.183. The van der Waals surface area contributed by atoms with Gasteiger partial charge in [-0.2, -0.15) is 0 Å². The van der Waals surface area contributed by atoms with Crippen molar-refractivity contribution < 1.29 is 13.6 Å². The fourth-order valence-electron chi connectivity index (χ4n) is 3.78. The number of amides is 1. The van der Waals surface area contributed by atoms with E-state index >= 15 is 0 Å². The second-order valence-electron chi connectivity index (χ2n) is 7.34. The molecule has 3 N–H and O–H groups in total. The van der Waals surface area contributed by atoms with Gasteiger partial charge in [0.05, 0.1) is 16.9 Å². The maximum atomic E-state index is 14.4. The topological polar surface area (TPSA) is 56.4 Å². The number of nitrogens with one attached hydrogen (secondary N) is 3. The number of benzene rings is 2. The largest absolute Gasteiger partial charge is 0.381 e. The normalized spacial score (nSPS) is 17.9. The van der Waals surface area contributed by atoms with Gasteiger partial charge in [-0.05, 0) is 56.3 Å². The molecule has 0 saturated carbocycles. The van der Waals surface area contributed by atoms with Crippen LogP contribution in [0.15, 0.2) is 42.6 Å². The summed E-state index contributed by atoms with van der Waals surface area (Å²) in [5.41, 5.74) is 1.76. The van der Waals surface area contributed by atoms with E-state index in [9.17, 15) is 13.6 Å². The molecule has 7 heteroatoms. The summed E-state index contributed by atoms with van der Waals surface area (Å²) in [4.78, 5) is 14.5. The average Bonchev–Trinajstić information content (AvgIpc) is 3.05. The van der Waals surface area contributed by atoms with Crippen molar-refractivity contribution in [3.63, 3.8) is 0 Å². The molecule has 2 aromatic rings. The molecule has 0 spiro atoms. The average molecular weight is 398 g/mol. The number of likely N-dealkylation sites (tertiary alicyclic amines) is 1. The number of hydrogen-bond acceptors (Lipinski definition) is 4. The van der Waals surface area contributed by atoms with Crippen LogP contribution in [0.25, 0.3) is 5.57 Å². The molecule has 1 fully saturated rings. The van der Waals surface area contributed by atoms with Gasteiger partial charge in [-0.3, -0.25) is 4.79 Å². The Balaban J connectivity index is 1.39. The third kappa shape index (κ3) is 4.40. The lowest BCUT2D eigenvalue weighted by Gasteiger charge is -2.26. The lowest BCUT2D eigenvalue weighted by atomic mass is 10.1. The Kier molecular flexibility index (Phi) is 5.76. The van der Waals surface area contributed by atoms with Crippen molar-refractivity contribution in [3.8, 4) is 0 Å². The van der Waals surface area contributed by atoms with Gasteiger partial charge in [-0.1, -0.05) is 12.5 Å². The van der Waals surface area contributed by atoms with Gasteiger partial charge in [-0.25, -0.2) is 8.78 Å². The maximum absolute atomic E-state index is 14.4. The Morgan fingerprint density at radius 2 is 1.90 bits per heavy atom. The van der Waals surface area contributed by atoms with Gasteiger partial charge in [0.1, 0.15) is 11.6 Å². The Bertz CT molecular complexity index is 938. The first-order valence-corrected chi connectivity index (χ1v) is 9.94. The van der Waals surface area contributed by atoms with Crippen LogP contribution in [-0.2, 0) is 4.79 Å². The summed E-state index contributed by atoms with van der Waals surface area (Å²) in [7, 11) is 0. The number of piperidine rings is 1. The van der Waals surface area contributed by atoms with Crippen molar-refractivity contribution in [1.82, 2.24) is 4.90 Å². The van der Waals surface area contributed by atoms with Crippen LogP contribution >= 0.6 is 0 Å². The van der Waals surface area contributed by atoms with E-state index in [0.29, 0.717) is 23.6 Å². The van der Waals surface area contributed by atoms with Crippen LogP contribution in [0, 0.1) is 11.6 Å². The molecule has 0 radical (unpaired) electrons. The minimum atomic E-state index is -0.478. The Morgan fingerprint density at radius 1 is 1.07 bits per heavy atom. The molecule has 2 aliphatic heterocycles. The van der Waals surface area contributed by atoms with E-state index in [0.717, 1.165) is 19.6 Å². The highest BCUT2D eigenvalue weighted by molar-refractivity contribution is 6.31. The van der Waals surface area contributed by atoms with Gasteiger partial charge in [0.2, 0.25) is 0 Å². The second kappa shape index (κ2) is 8.61. The standard InChI is InChI=1S/C22H24F2N4O/c23-17-5-4-6-20-21(17)16(22(29)27-20)14-26-15-7-8-19(18(24)13-15)25-9-12-28-10-2-1-3-11-28/h4-8,13-14,25-26H,1-3,9-12H2,(H,27,29)/b16-14+. The van der Waals surface area contributed by atoms with Crippen LogP contribution in [0.3, 0.4) is 0 Å². The van der Waals surface area contributed by atoms with Crippen molar-refractivity contribution in [2.75, 3.05) is 42.1 Å². The molecule has 2 heterocycles. The molecule has 0 aliphatic carbocycles. The maximum Gasteiger partial charge on any atom is 0.257 e. The van der Waals surface area contributed by atoms with Crippen LogP contribution in [0.4, 0.5) is 25.8 Å². The first kappa shape index (κ1) is 19.4. The zero-order valence-corrected chi connectivity index (χ0v) is 16.1. The van der Waals surface area contributed by atoms with Crippen molar-refractivity contribution in [1.29, 1.82) is 0 Å². The molecule has 4 rings (SSSR count). The Morgan fingerprint density at radius 3 is 2.69 bits per heavy atom. The molecule has 0 unspecified atom stereocenters. The van der Waals surface area contributed by atoms with E-state index < -0.39 is 11.7 Å². The molecule has 1 amide bonds. The van der Waals surface area contributed by atoms with Crippen molar-refractivity contribution in [2.45, 2.75) is 19.3 Å². The highest BCUT2D eigenvalue weighted by Gasteiger charge is 2.27. The zero-order valence-electron chi connectivity index (χ0n) is 16.1. The van der Waals surface area contributed by atoms with Gasteiger partial charge >= 0.3 is 0 Å². The monoisotopic (exact) mass is 398 g/mol. The lowest BCUT2D eigenvalue weighted by Crippen LogP contribution is -2.33. The number of anilines is 3. The molecule has 2 aliphatic rings. The number of halogens is 2. The number of nitrogens with zero attached hydrogens (tertiary/aromatic N) is 1. The van der Waals surface area contributed by atoms with E-state index in [1.807, 2.05) is 0 Å². The SMILES string of the molecule is O=C1Nc2cccc(F)c2/C1=C\Nc1ccc(NCCN2CCCCC2)c(F)c1. The molecule has 5 nitrogen and oxygen atoms in total. The summed E-state index contributed by atoms with van der Waals surface area (Å²) in [6, 6.07) is 9.22. The van der Waals surface area contributed by atoms with E-state index in [4.69, 9.17) is 0 Å². The predicted octanol–water partition coefficient (Wildman–Crippen LogP) is 4.27. The van der Waals surface area contributed by atoms with E-state index in [2.05, 4.69) is 20.9 Å². The van der Waals surface area contributed by atoms with Gasteiger partial charge in [0.15, 0.2) is 0 Å². The Labute approximate surface area is 168 Å². The highest BCUT2D eigenvalue weighted by Crippen LogP contribution is 2.33. The summed E-state index contributed by atoms with van der Waals surface area (Å²) < 4.78 is 28.5. The molecular formula is C22H24F2N4O. The van der Waals surface area contributed by atoms with E-state index in [1.54, 1.807) is 18.2 Å². The van der Waals surface area contributed by atoms with E-state index in [1.165, 1.54) is 43.7 Å². The van der Waals surface area contributed by atoms with Crippen LogP contribution < -0.4 is 16.0 Å². The summed E-state index contributed by atoms with van der Waals surface area (Å²) in [5, 5.41) is 8.65. The summed E-state index contributed by atoms with van der Waals surface area (Å²) in [6.07, 6.45) is 5.17. The number of hydrogen-bond donors (Lipinski definition) is 3. The van der Waals surface area contributed by atoms with Gasteiger partial charge in [-0.15, -0.1) is 0 Å². The number of carbonyl (C=O) groups is 1. The molecule has 1 saturated heterocycles. The third-order valence-electron chi connectivity index (χ3n) is 5.32. The summed E-state index contributed by atoms with van der Waals surface area (Å²) in [5.74, 6) is -1.25. The predicted molar refractivity (Wildman–Crippen MR) is 112 cm³/mol. The van der Waals surface area contributed by atoms with Gasteiger partial charge < -0.3 is 20.9 Å². The fourth-order valence-corrected chi connectivity index (χ4v) is 3.78. The van der Waals surface area contributed by atoms with Gasteiger partial charge in [0.25, 0.3) is 5.91 Å². The fraction of sp³-hybridized carbons (Fsp3) is 0.318. The molecule has 0 atom stereocenters. The van der Waals surface area contributed by atoms with Crippen LogP contribution in [0.1, 0.15) is 24.8 Å². The molecule has 2 aromatic carbocycles. The minimum Gasteiger partial charge on any atom is -0.381 e. The van der Waals surface area contributed by atoms with Crippen molar-refractivity contribution in [2.24, 2.45) is 0 Å². The number of carbonyl (C=O) groups excluding carboxylic acids is 1. The Hall–Kier alpha value is -2.93. The molecular weight excluding hydrogens is 374 g/mol. The highest BCUT2D eigenvalue weighted by atomic mass is 19.1. The van der Waals surface area contributed by atoms with Crippen LogP contribution in [0.2, 0.25) is 0 Å². The van der Waals surface area contributed by atoms with Crippen LogP contribution in [-0.4, -0.2) is 37.0 Å². The smallest absolute Gasteiger partial charge is 0.257 e. The lowest BCUT2D eigenvalue weighted by molar-refractivity contribution is -0.110. The number of fused-ring (bicyclic) bond motifs is 1. The third-order valence-corrected chi connectivity index (χ3v) is 5.32. The quantitative estimate of drug-likeness (QED) is 0.636. The van der Waals surface area contributed by atoms with Gasteiger partial charge in [0, 0.05) is 30.5 Å². The van der Waals surface area contributed by atoms with E-state index in [-0.39, 0.29) is 17.0 Å². The van der Waals surface area contributed by atoms with Crippen LogP contribution in [0.5, 0.6) is 0 Å². The molecule has 0 aromatic heterocycles. The summed E-state index contributed by atoms with van der Waals surface area (Å²) >= 11 is 0. The van der Waals surface area contributed by atoms with Crippen molar-refractivity contribution in [3.05, 3.63) is 59.8 Å². The number of rotatable bonds is 6. The zero-order chi connectivity index (χ0) is 20.2.